The lowest BCUT2D eigenvalue weighted by Crippen LogP contribution is -2.14. The van der Waals surface area contributed by atoms with Crippen LogP contribution in [-0.4, -0.2) is 22.5 Å². The summed E-state index contributed by atoms with van der Waals surface area (Å²) in [6.07, 6.45) is 0. The van der Waals surface area contributed by atoms with Crippen LogP contribution in [0.2, 0.25) is 0 Å². The highest BCUT2D eigenvalue weighted by Gasteiger charge is 2.20. The number of anilines is 1. The van der Waals surface area contributed by atoms with Crippen molar-refractivity contribution in [3.8, 4) is 17.2 Å². The number of nitrogens with zero attached hydrogens (tertiary/aromatic N) is 2. The van der Waals surface area contributed by atoms with Crippen molar-refractivity contribution < 1.29 is 14.3 Å². The highest BCUT2D eigenvalue weighted by atomic mass is 16.7. The van der Waals surface area contributed by atoms with E-state index < -0.39 is 0 Å². The number of benzene rings is 2. The summed E-state index contributed by atoms with van der Waals surface area (Å²) in [6, 6.07) is 15.1. The van der Waals surface area contributed by atoms with Crippen molar-refractivity contribution in [2.24, 2.45) is 0 Å². The van der Waals surface area contributed by atoms with E-state index in [-0.39, 0.29) is 12.7 Å². The van der Waals surface area contributed by atoms with E-state index in [1.54, 1.807) is 22.9 Å². The van der Waals surface area contributed by atoms with Gasteiger partial charge in [0.05, 0.1) is 22.6 Å². The molecule has 1 aromatic heterocycles. The Labute approximate surface area is 145 Å². The number of para-hydroxylation sites is 1. The van der Waals surface area contributed by atoms with Crippen LogP contribution in [-0.2, 0) is 0 Å². The number of fused-ring (bicyclic) bond motifs is 1. The zero-order valence-electron chi connectivity index (χ0n) is 13.9. The van der Waals surface area contributed by atoms with Gasteiger partial charge in [-0.05, 0) is 38.1 Å². The molecule has 1 N–H and O–H groups in total. The molecule has 0 unspecified atom stereocenters. The van der Waals surface area contributed by atoms with Crippen molar-refractivity contribution in [1.82, 2.24) is 9.78 Å². The number of rotatable bonds is 3. The largest absolute Gasteiger partial charge is 0.454 e. The summed E-state index contributed by atoms with van der Waals surface area (Å²) in [5.41, 5.74) is 3.62. The van der Waals surface area contributed by atoms with Crippen LogP contribution in [0.5, 0.6) is 11.5 Å². The number of nitrogens with one attached hydrogen (secondary N) is 1. The molecule has 0 bridgehead atoms. The van der Waals surface area contributed by atoms with Crippen LogP contribution < -0.4 is 14.8 Å². The predicted octanol–water partition coefficient (Wildman–Crippen LogP) is 3.47. The lowest BCUT2D eigenvalue weighted by molar-refractivity contribution is 0.102. The predicted molar refractivity (Wildman–Crippen MR) is 93.6 cm³/mol. The topological polar surface area (TPSA) is 65.4 Å². The molecule has 0 radical (unpaired) electrons. The molecule has 0 fully saturated rings. The van der Waals surface area contributed by atoms with Gasteiger partial charge in [0.1, 0.15) is 0 Å². The van der Waals surface area contributed by atoms with Crippen LogP contribution in [0.4, 0.5) is 5.69 Å². The molecule has 0 atom stereocenters. The molecule has 0 spiro atoms. The fraction of sp³-hybridized carbons (Fsp3) is 0.158. The number of amides is 1. The van der Waals surface area contributed by atoms with Gasteiger partial charge in [0, 0.05) is 11.8 Å². The fourth-order valence-electron chi connectivity index (χ4n) is 2.96. The van der Waals surface area contributed by atoms with E-state index in [4.69, 9.17) is 9.47 Å². The lowest BCUT2D eigenvalue weighted by atomic mass is 10.1. The number of aromatic nitrogens is 2. The molecule has 2 aromatic carbocycles. The van der Waals surface area contributed by atoms with Crippen LogP contribution in [0.3, 0.4) is 0 Å². The first-order valence-corrected chi connectivity index (χ1v) is 7.96. The molecule has 2 heterocycles. The van der Waals surface area contributed by atoms with E-state index in [1.165, 1.54) is 0 Å². The first-order valence-electron chi connectivity index (χ1n) is 7.96. The maximum atomic E-state index is 12.8. The maximum absolute atomic E-state index is 12.8. The zero-order valence-corrected chi connectivity index (χ0v) is 13.9. The summed E-state index contributed by atoms with van der Waals surface area (Å²) < 4.78 is 12.4. The van der Waals surface area contributed by atoms with Crippen molar-refractivity contribution in [2.45, 2.75) is 13.8 Å². The lowest BCUT2D eigenvalue weighted by Gasteiger charge is -2.07. The summed E-state index contributed by atoms with van der Waals surface area (Å²) in [6.45, 7) is 3.93. The van der Waals surface area contributed by atoms with Gasteiger partial charge < -0.3 is 14.8 Å². The smallest absolute Gasteiger partial charge is 0.259 e. The standard InChI is InChI=1S/C19H17N3O3/c1-12-18(13(2)22(21-12)15-6-4-3-5-7-15)19(23)20-14-8-9-16-17(10-14)25-11-24-16/h3-10H,11H2,1-2H3,(H,20,23). The summed E-state index contributed by atoms with van der Waals surface area (Å²) in [7, 11) is 0. The SMILES string of the molecule is Cc1nn(-c2ccccc2)c(C)c1C(=O)Nc1ccc2c(c1)OCO2. The Morgan fingerprint density at radius 1 is 1.08 bits per heavy atom. The van der Waals surface area contributed by atoms with Crippen LogP contribution >= 0.6 is 0 Å². The Morgan fingerprint density at radius 3 is 2.64 bits per heavy atom. The Morgan fingerprint density at radius 2 is 1.84 bits per heavy atom. The van der Waals surface area contributed by atoms with Gasteiger partial charge in [-0.3, -0.25) is 4.79 Å². The molecule has 1 aliphatic rings. The Kier molecular flexibility index (Phi) is 3.65. The molecule has 25 heavy (non-hydrogen) atoms. The van der Waals surface area contributed by atoms with Crippen molar-refractivity contribution >= 4 is 11.6 Å². The third-order valence-corrected chi connectivity index (χ3v) is 4.15. The fourth-order valence-corrected chi connectivity index (χ4v) is 2.96. The van der Waals surface area contributed by atoms with Gasteiger partial charge in [0.2, 0.25) is 6.79 Å². The number of aryl methyl sites for hydroxylation is 1. The number of hydrogen-bond donors (Lipinski definition) is 1. The van der Waals surface area contributed by atoms with Gasteiger partial charge in [-0.2, -0.15) is 5.10 Å². The molecule has 0 aliphatic carbocycles. The normalized spacial score (nSPS) is 12.2. The molecule has 4 rings (SSSR count). The van der Waals surface area contributed by atoms with Crippen LogP contribution in [0.25, 0.3) is 5.69 Å². The Bertz CT molecular complexity index is 948. The van der Waals surface area contributed by atoms with Gasteiger partial charge in [-0.1, -0.05) is 18.2 Å². The quantitative estimate of drug-likeness (QED) is 0.796. The van der Waals surface area contributed by atoms with Crippen molar-refractivity contribution in [3.63, 3.8) is 0 Å². The zero-order chi connectivity index (χ0) is 17.4. The molecule has 0 saturated carbocycles. The average Bonchev–Trinajstić information content (AvgIpc) is 3.19. The summed E-state index contributed by atoms with van der Waals surface area (Å²) in [5, 5.41) is 7.42. The van der Waals surface area contributed by atoms with Crippen LogP contribution in [0.15, 0.2) is 48.5 Å². The maximum Gasteiger partial charge on any atom is 0.259 e. The molecule has 3 aromatic rings. The molecule has 0 saturated heterocycles. The minimum absolute atomic E-state index is 0.198. The van der Waals surface area contributed by atoms with Gasteiger partial charge in [-0.15, -0.1) is 0 Å². The van der Waals surface area contributed by atoms with Gasteiger partial charge >= 0.3 is 0 Å². The minimum atomic E-state index is -0.198. The minimum Gasteiger partial charge on any atom is -0.454 e. The van der Waals surface area contributed by atoms with Crippen molar-refractivity contribution in [2.75, 3.05) is 12.1 Å². The van der Waals surface area contributed by atoms with E-state index in [0.717, 1.165) is 11.4 Å². The number of carbonyl (C=O) groups excluding carboxylic acids is 1. The van der Waals surface area contributed by atoms with E-state index in [0.29, 0.717) is 28.4 Å². The Hall–Kier alpha value is -3.28. The average molecular weight is 335 g/mol. The summed E-state index contributed by atoms with van der Waals surface area (Å²) in [4.78, 5) is 12.8. The molecular formula is C19H17N3O3. The molecule has 1 amide bonds. The van der Waals surface area contributed by atoms with E-state index in [1.807, 2.05) is 44.2 Å². The second-order valence-corrected chi connectivity index (χ2v) is 5.82. The second-order valence-electron chi connectivity index (χ2n) is 5.82. The number of ether oxygens (including phenoxy) is 2. The van der Waals surface area contributed by atoms with E-state index in [9.17, 15) is 4.79 Å². The van der Waals surface area contributed by atoms with Crippen LogP contribution in [0.1, 0.15) is 21.7 Å². The molecular weight excluding hydrogens is 318 g/mol. The highest BCUT2D eigenvalue weighted by molar-refractivity contribution is 6.06. The molecule has 1 aliphatic heterocycles. The van der Waals surface area contributed by atoms with Gasteiger partial charge in [0.25, 0.3) is 5.91 Å². The van der Waals surface area contributed by atoms with Crippen LogP contribution in [0, 0.1) is 13.8 Å². The van der Waals surface area contributed by atoms with Gasteiger partial charge in [0.15, 0.2) is 11.5 Å². The first kappa shape index (κ1) is 15.3. The molecule has 126 valence electrons. The van der Waals surface area contributed by atoms with E-state index in [2.05, 4.69) is 10.4 Å². The van der Waals surface area contributed by atoms with E-state index >= 15 is 0 Å². The Balaban J connectivity index is 1.63. The van der Waals surface area contributed by atoms with Gasteiger partial charge in [-0.25, -0.2) is 4.68 Å². The monoisotopic (exact) mass is 335 g/mol. The third kappa shape index (κ3) is 2.71. The highest BCUT2D eigenvalue weighted by Crippen LogP contribution is 2.34. The van der Waals surface area contributed by atoms with Crippen molar-refractivity contribution in [3.05, 3.63) is 65.5 Å². The molecule has 6 nitrogen and oxygen atoms in total. The molecule has 6 heteroatoms. The number of carbonyl (C=O) groups is 1. The first-order chi connectivity index (χ1) is 12.1. The second kappa shape index (κ2) is 5.98. The third-order valence-electron chi connectivity index (χ3n) is 4.15. The summed E-state index contributed by atoms with van der Waals surface area (Å²) >= 11 is 0. The number of hydrogen-bond acceptors (Lipinski definition) is 4. The summed E-state index contributed by atoms with van der Waals surface area (Å²) in [5.74, 6) is 1.12. The van der Waals surface area contributed by atoms with Crippen molar-refractivity contribution in [1.29, 1.82) is 0 Å².